The second kappa shape index (κ2) is 7.34. The number of benzene rings is 2. The summed E-state index contributed by atoms with van der Waals surface area (Å²) in [6.45, 7) is 0.135. The van der Waals surface area contributed by atoms with Gasteiger partial charge in [-0.15, -0.1) is 11.8 Å². The van der Waals surface area contributed by atoms with Crippen molar-refractivity contribution in [1.29, 1.82) is 0 Å². The zero-order chi connectivity index (χ0) is 13.5. The van der Waals surface area contributed by atoms with Gasteiger partial charge in [0, 0.05) is 0 Å². The highest BCUT2D eigenvalue weighted by atomic mass is 32.2. The van der Waals surface area contributed by atoms with Crippen LogP contribution in [0, 0.1) is 0 Å². The molecule has 0 aliphatic carbocycles. The fourth-order valence-electron chi connectivity index (χ4n) is 1.99. The fourth-order valence-corrected chi connectivity index (χ4v) is 3.18. The first-order chi connectivity index (χ1) is 9.35. The Bertz CT molecular complexity index is 427. The highest BCUT2D eigenvalue weighted by molar-refractivity contribution is 7.99. The fraction of sp³-hybridized carbons (Fsp3) is 0.250. The lowest BCUT2D eigenvalue weighted by Crippen LogP contribution is -2.07. The Morgan fingerprint density at radius 3 is 1.37 bits per heavy atom. The van der Waals surface area contributed by atoms with Gasteiger partial charge in [0.25, 0.3) is 0 Å². The van der Waals surface area contributed by atoms with E-state index in [1.54, 1.807) is 11.8 Å². The van der Waals surface area contributed by atoms with Crippen LogP contribution in [0.25, 0.3) is 0 Å². The highest BCUT2D eigenvalue weighted by Crippen LogP contribution is 2.39. The van der Waals surface area contributed by atoms with Gasteiger partial charge in [-0.1, -0.05) is 60.7 Å². The molecule has 0 amide bonds. The Balaban J connectivity index is 2.13. The largest absolute Gasteiger partial charge is 0.395 e. The number of thioether (sulfide) groups is 1. The minimum Gasteiger partial charge on any atom is -0.395 e. The van der Waals surface area contributed by atoms with Crippen LogP contribution in [0.5, 0.6) is 0 Å². The summed E-state index contributed by atoms with van der Waals surface area (Å²) < 4.78 is 0. The zero-order valence-electron chi connectivity index (χ0n) is 10.6. The average molecular weight is 274 g/mol. The summed E-state index contributed by atoms with van der Waals surface area (Å²) in [5.74, 6) is 0. The van der Waals surface area contributed by atoms with Gasteiger partial charge in [0.05, 0.1) is 23.7 Å². The third-order valence-corrected chi connectivity index (χ3v) is 4.50. The number of rotatable bonds is 6. The van der Waals surface area contributed by atoms with Crippen LogP contribution >= 0.6 is 11.8 Å². The standard InChI is InChI=1S/C16H18O2S/c17-11-15(13-7-3-1-4-8-13)19-16(12-18)14-9-5-2-6-10-14/h1-10,15-18H,11-12H2. The SMILES string of the molecule is OCC(SC(CO)c1ccccc1)c1ccccc1. The lowest BCUT2D eigenvalue weighted by molar-refractivity contribution is 0.288. The minimum atomic E-state index is -0.0152. The number of aliphatic hydroxyl groups is 2. The highest BCUT2D eigenvalue weighted by Gasteiger charge is 2.18. The molecular formula is C16H18O2S. The van der Waals surface area contributed by atoms with Gasteiger partial charge in [-0.3, -0.25) is 0 Å². The van der Waals surface area contributed by atoms with Crippen molar-refractivity contribution >= 4 is 11.8 Å². The first-order valence-corrected chi connectivity index (χ1v) is 7.26. The van der Waals surface area contributed by atoms with Crippen molar-refractivity contribution in [3.05, 3.63) is 71.8 Å². The zero-order valence-corrected chi connectivity index (χ0v) is 11.5. The summed E-state index contributed by atoms with van der Waals surface area (Å²) in [5, 5.41) is 19.1. The average Bonchev–Trinajstić information content (AvgIpc) is 2.50. The van der Waals surface area contributed by atoms with E-state index in [1.807, 2.05) is 60.7 Å². The molecule has 0 spiro atoms. The minimum absolute atomic E-state index is 0.0152. The Hall–Kier alpha value is -1.29. The maximum atomic E-state index is 9.57. The number of aliphatic hydroxyl groups excluding tert-OH is 2. The first kappa shape index (κ1) is 14.1. The molecule has 19 heavy (non-hydrogen) atoms. The van der Waals surface area contributed by atoms with Gasteiger partial charge < -0.3 is 10.2 Å². The molecule has 0 heterocycles. The first-order valence-electron chi connectivity index (χ1n) is 6.32. The van der Waals surface area contributed by atoms with E-state index in [2.05, 4.69) is 0 Å². The van der Waals surface area contributed by atoms with E-state index >= 15 is 0 Å². The van der Waals surface area contributed by atoms with Gasteiger partial charge in [-0.05, 0) is 11.1 Å². The quantitative estimate of drug-likeness (QED) is 0.850. The molecule has 2 rings (SSSR count). The molecule has 0 bridgehead atoms. The lowest BCUT2D eigenvalue weighted by Gasteiger charge is -2.21. The molecule has 2 unspecified atom stereocenters. The Morgan fingerprint density at radius 2 is 1.05 bits per heavy atom. The smallest absolute Gasteiger partial charge is 0.0591 e. The molecule has 2 N–H and O–H groups in total. The van der Waals surface area contributed by atoms with Gasteiger partial charge in [0.2, 0.25) is 0 Å². The predicted octanol–water partition coefficient (Wildman–Crippen LogP) is 3.19. The van der Waals surface area contributed by atoms with Gasteiger partial charge in [-0.2, -0.15) is 0 Å². The molecule has 3 heteroatoms. The van der Waals surface area contributed by atoms with Gasteiger partial charge in [0.15, 0.2) is 0 Å². The van der Waals surface area contributed by atoms with Crippen molar-refractivity contribution in [2.24, 2.45) is 0 Å². The van der Waals surface area contributed by atoms with Gasteiger partial charge in [0.1, 0.15) is 0 Å². The molecule has 2 aromatic rings. The predicted molar refractivity (Wildman–Crippen MR) is 80.1 cm³/mol. The summed E-state index contributed by atoms with van der Waals surface area (Å²) in [7, 11) is 0. The second-order valence-corrected chi connectivity index (χ2v) is 5.71. The topological polar surface area (TPSA) is 40.5 Å². The monoisotopic (exact) mass is 274 g/mol. The van der Waals surface area contributed by atoms with Crippen LogP contribution in [0.4, 0.5) is 0 Å². The normalized spacial score (nSPS) is 14.0. The van der Waals surface area contributed by atoms with Crippen molar-refractivity contribution in [1.82, 2.24) is 0 Å². The molecule has 2 atom stereocenters. The van der Waals surface area contributed by atoms with Crippen LogP contribution in [0.3, 0.4) is 0 Å². The third kappa shape index (κ3) is 3.83. The Morgan fingerprint density at radius 1 is 0.684 bits per heavy atom. The molecule has 0 aromatic heterocycles. The molecule has 0 aliphatic heterocycles. The second-order valence-electron chi connectivity index (χ2n) is 4.30. The van der Waals surface area contributed by atoms with Crippen molar-refractivity contribution in [2.45, 2.75) is 10.5 Å². The molecule has 0 saturated carbocycles. The Labute approximate surface area is 118 Å². The van der Waals surface area contributed by atoms with E-state index in [9.17, 15) is 10.2 Å². The summed E-state index contributed by atoms with van der Waals surface area (Å²) >= 11 is 1.60. The van der Waals surface area contributed by atoms with Crippen LogP contribution in [0.1, 0.15) is 21.6 Å². The van der Waals surface area contributed by atoms with E-state index in [-0.39, 0.29) is 23.7 Å². The molecule has 0 fully saturated rings. The maximum absolute atomic E-state index is 9.57. The number of hydrogen-bond acceptors (Lipinski definition) is 3. The van der Waals surface area contributed by atoms with E-state index in [0.29, 0.717) is 0 Å². The van der Waals surface area contributed by atoms with Crippen molar-refractivity contribution in [3.8, 4) is 0 Å². The molecule has 2 nitrogen and oxygen atoms in total. The molecule has 100 valence electrons. The molecule has 0 radical (unpaired) electrons. The van der Waals surface area contributed by atoms with Gasteiger partial charge >= 0.3 is 0 Å². The molecule has 0 saturated heterocycles. The van der Waals surface area contributed by atoms with Crippen LogP contribution in [0.15, 0.2) is 60.7 Å². The van der Waals surface area contributed by atoms with Crippen LogP contribution in [0.2, 0.25) is 0 Å². The van der Waals surface area contributed by atoms with Crippen molar-refractivity contribution in [2.75, 3.05) is 13.2 Å². The summed E-state index contributed by atoms with van der Waals surface area (Å²) in [6.07, 6.45) is 0. The number of hydrogen-bond donors (Lipinski definition) is 2. The van der Waals surface area contributed by atoms with Crippen LogP contribution in [-0.2, 0) is 0 Å². The molecule has 0 aliphatic rings. The third-order valence-electron chi connectivity index (χ3n) is 3.00. The van der Waals surface area contributed by atoms with E-state index in [1.165, 1.54) is 0 Å². The van der Waals surface area contributed by atoms with E-state index < -0.39 is 0 Å². The lowest BCUT2D eigenvalue weighted by atomic mass is 10.1. The van der Waals surface area contributed by atoms with Gasteiger partial charge in [-0.25, -0.2) is 0 Å². The van der Waals surface area contributed by atoms with E-state index in [0.717, 1.165) is 11.1 Å². The van der Waals surface area contributed by atoms with Crippen molar-refractivity contribution < 1.29 is 10.2 Å². The summed E-state index contributed by atoms with van der Waals surface area (Å²) in [4.78, 5) is 0. The Kier molecular flexibility index (Phi) is 5.45. The maximum Gasteiger partial charge on any atom is 0.0591 e. The molecular weight excluding hydrogens is 256 g/mol. The van der Waals surface area contributed by atoms with E-state index in [4.69, 9.17) is 0 Å². The molecule has 2 aromatic carbocycles. The van der Waals surface area contributed by atoms with Crippen LogP contribution < -0.4 is 0 Å². The summed E-state index contributed by atoms with van der Waals surface area (Å²) in [5.41, 5.74) is 2.17. The van der Waals surface area contributed by atoms with Crippen LogP contribution in [-0.4, -0.2) is 23.4 Å². The summed E-state index contributed by atoms with van der Waals surface area (Å²) in [6, 6.07) is 19.8. The van der Waals surface area contributed by atoms with Crippen molar-refractivity contribution in [3.63, 3.8) is 0 Å².